The lowest BCUT2D eigenvalue weighted by atomic mass is 9.51. The van der Waals surface area contributed by atoms with Gasteiger partial charge in [-0.15, -0.1) is 0 Å². The lowest BCUT2D eigenvalue weighted by Gasteiger charge is -2.49. The van der Waals surface area contributed by atoms with E-state index in [1.165, 1.54) is 88.3 Å². The maximum absolute atomic E-state index is 2.47. The molecule has 0 amide bonds. The Bertz CT molecular complexity index is 3590. The monoisotopic (exact) mass is 825 g/mol. The standard InChI is InChI=1S/C64H43N/c1-4-18-44(19-5-1)45-36-38-51(39-37-45)65(53-40-41-55-47(42-53)35-34-46-20-10-11-27-54(46)55)52-26-16-25-50(43-52)63(48-21-6-2-7-22-48)59-31-14-15-32-60(59)64(49-23-8-3-9-24-49)58-30-13-12-28-56(58)57-29-17-33-61(63)62(57)64/h1-43H. The summed E-state index contributed by atoms with van der Waals surface area (Å²) < 4.78 is 0. The van der Waals surface area contributed by atoms with Crippen molar-refractivity contribution in [1.82, 2.24) is 0 Å². The van der Waals surface area contributed by atoms with E-state index in [1.807, 2.05) is 0 Å². The summed E-state index contributed by atoms with van der Waals surface area (Å²) in [6.45, 7) is 0. The normalized spacial score (nSPS) is 16.7. The molecule has 2 aliphatic carbocycles. The molecule has 2 unspecified atom stereocenters. The third-order valence-corrected chi connectivity index (χ3v) is 14.4. The van der Waals surface area contributed by atoms with E-state index >= 15 is 0 Å². The molecule has 11 aromatic carbocycles. The van der Waals surface area contributed by atoms with Gasteiger partial charge in [0, 0.05) is 17.1 Å². The molecule has 2 atom stereocenters. The number of fused-ring (bicyclic) bond motifs is 8. The van der Waals surface area contributed by atoms with Gasteiger partial charge in [0.1, 0.15) is 0 Å². The van der Waals surface area contributed by atoms with Crippen LogP contribution in [0, 0.1) is 0 Å². The Kier molecular flexibility index (Phi) is 8.41. The lowest BCUT2D eigenvalue weighted by Crippen LogP contribution is -2.44. The van der Waals surface area contributed by atoms with Crippen molar-refractivity contribution in [2.24, 2.45) is 0 Å². The van der Waals surface area contributed by atoms with Gasteiger partial charge in [0.2, 0.25) is 0 Å². The van der Waals surface area contributed by atoms with Crippen LogP contribution in [-0.2, 0) is 10.8 Å². The molecule has 0 aromatic heterocycles. The first kappa shape index (κ1) is 37.3. The van der Waals surface area contributed by atoms with Gasteiger partial charge in [-0.2, -0.15) is 0 Å². The summed E-state index contributed by atoms with van der Waals surface area (Å²) in [4.78, 5) is 2.44. The van der Waals surface area contributed by atoms with Crippen molar-refractivity contribution in [3.8, 4) is 22.3 Å². The summed E-state index contributed by atoms with van der Waals surface area (Å²) in [5.41, 5.74) is 17.5. The van der Waals surface area contributed by atoms with Crippen LogP contribution in [0.4, 0.5) is 17.1 Å². The molecule has 0 fully saturated rings. The van der Waals surface area contributed by atoms with Gasteiger partial charge in [-0.05, 0) is 125 Å². The number of benzene rings is 11. The minimum Gasteiger partial charge on any atom is -0.310 e. The molecule has 0 radical (unpaired) electrons. The maximum Gasteiger partial charge on any atom is 0.0720 e. The molecule has 0 saturated heterocycles. The van der Waals surface area contributed by atoms with E-state index in [0.717, 1.165) is 17.1 Å². The molecular weight excluding hydrogens is 783 g/mol. The van der Waals surface area contributed by atoms with E-state index in [0.29, 0.717) is 0 Å². The Morgan fingerprint density at radius 3 is 1.54 bits per heavy atom. The van der Waals surface area contributed by atoms with Gasteiger partial charge in [0.25, 0.3) is 0 Å². The molecule has 13 rings (SSSR count). The molecule has 0 heterocycles. The topological polar surface area (TPSA) is 3.24 Å². The zero-order chi connectivity index (χ0) is 43.0. The molecule has 1 heteroatoms. The predicted molar refractivity (Wildman–Crippen MR) is 271 cm³/mol. The fourth-order valence-corrected chi connectivity index (χ4v) is 11.8. The summed E-state index contributed by atoms with van der Waals surface area (Å²) >= 11 is 0. The highest BCUT2D eigenvalue weighted by Gasteiger charge is 2.57. The van der Waals surface area contributed by atoms with Crippen LogP contribution in [0.5, 0.6) is 0 Å². The molecule has 1 nitrogen and oxygen atoms in total. The van der Waals surface area contributed by atoms with Crippen molar-refractivity contribution in [1.29, 1.82) is 0 Å². The number of rotatable bonds is 7. The van der Waals surface area contributed by atoms with E-state index in [1.54, 1.807) is 0 Å². The van der Waals surface area contributed by atoms with Crippen LogP contribution in [-0.4, -0.2) is 0 Å². The Hall–Kier alpha value is -8.26. The molecule has 0 N–H and O–H groups in total. The summed E-state index contributed by atoms with van der Waals surface area (Å²) in [5.74, 6) is 0. The zero-order valence-corrected chi connectivity index (χ0v) is 35.8. The van der Waals surface area contributed by atoms with Gasteiger partial charge in [-0.3, -0.25) is 0 Å². The fraction of sp³-hybridized carbons (Fsp3) is 0.0312. The van der Waals surface area contributed by atoms with Crippen molar-refractivity contribution >= 4 is 38.6 Å². The first-order valence-electron chi connectivity index (χ1n) is 22.7. The molecule has 304 valence electrons. The minimum atomic E-state index is -0.662. The van der Waals surface area contributed by atoms with Gasteiger partial charge >= 0.3 is 0 Å². The highest BCUT2D eigenvalue weighted by molar-refractivity contribution is 6.08. The summed E-state index contributed by atoms with van der Waals surface area (Å²) in [7, 11) is 0. The third kappa shape index (κ3) is 5.39. The second-order valence-corrected chi connectivity index (χ2v) is 17.5. The van der Waals surface area contributed by atoms with Gasteiger partial charge in [-0.25, -0.2) is 0 Å². The Balaban J connectivity index is 1.09. The Morgan fingerprint density at radius 1 is 0.262 bits per heavy atom. The second kappa shape index (κ2) is 14.7. The summed E-state index contributed by atoms with van der Waals surface area (Å²) in [6.07, 6.45) is 0. The van der Waals surface area contributed by atoms with E-state index in [4.69, 9.17) is 0 Å². The fourth-order valence-electron chi connectivity index (χ4n) is 11.8. The van der Waals surface area contributed by atoms with Gasteiger partial charge in [-0.1, -0.05) is 224 Å². The van der Waals surface area contributed by atoms with Crippen LogP contribution in [0.3, 0.4) is 0 Å². The zero-order valence-electron chi connectivity index (χ0n) is 35.8. The van der Waals surface area contributed by atoms with Crippen molar-refractivity contribution in [3.63, 3.8) is 0 Å². The molecule has 0 spiro atoms. The molecular formula is C64H43N. The quantitative estimate of drug-likeness (QED) is 0.145. The van der Waals surface area contributed by atoms with Crippen LogP contribution < -0.4 is 4.90 Å². The van der Waals surface area contributed by atoms with Crippen molar-refractivity contribution in [3.05, 3.63) is 305 Å². The average Bonchev–Trinajstić information content (AvgIpc) is 3.70. The third-order valence-electron chi connectivity index (χ3n) is 14.4. The van der Waals surface area contributed by atoms with E-state index in [2.05, 4.69) is 266 Å². The molecule has 65 heavy (non-hydrogen) atoms. The maximum atomic E-state index is 2.47. The number of anilines is 3. The summed E-state index contributed by atoms with van der Waals surface area (Å²) in [6, 6.07) is 97.2. The van der Waals surface area contributed by atoms with Crippen LogP contribution in [0.15, 0.2) is 261 Å². The highest BCUT2D eigenvalue weighted by Crippen LogP contribution is 2.66. The van der Waals surface area contributed by atoms with Crippen molar-refractivity contribution < 1.29 is 0 Å². The van der Waals surface area contributed by atoms with Gasteiger partial charge < -0.3 is 4.90 Å². The minimum absolute atomic E-state index is 0.502. The van der Waals surface area contributed by atoms with Gasteiger partial charge in [0.15, 0.2) is 0 Å². The lowest BCUT2D eigenvalue weighted by molar-refractivity contribution is 0.627. The van der Waals surface area contributed by atoms with E-state index in [-0.39, 0.29) is 0 Å². The van der Waals surface area contributed by atoms with E-state index in [9.17, 15) is 0 Å². The molecule has 0 bridgehead atoms. The largest absolute Gasteiger partial charge is 0.310 e. The second-order valence-electron chi connectivity index (χ2n) is 17.5. The predicted octanol–water partition coefficient (Wildman–Crippen LogP) is 16.2. The van der Waals surface area contributed by atoms with Crippen LogP contribution in [0.1, 0.15) is 44.5 Å². The van der Waals surface area contributed by atoms with Crippen LogP contribution in [0.25, 0.3) is 43.8 Å². The first-order valence-corrected chi connectivity index (χ1v) is 22.7. The van der Waals surface area contributed by atoms with Crippen LogP contribution in [0.2, 0.25) is 0 Å². The van der Waals surface area contributed by atoms with Crippen molar-refractivity contribution in [2.45, 2.75) is 10.8 Å². The molecule has 0 saturated carbocycles. The molecule has 0 aliphatic heterocycles. The smallest absolute Gasteiger partial charge is 0.0720 e. The van der Waals surface area contributed by atoms with Gasteiger partial charge in [0.05, 0.1) is 10.8 Å². The molecule has 11 aromatic rings. The SMILES string of the molecule is c1ccc(-c2ccc(N(c3cccc(C4(c5ccccc5)c5ccccc5C5(c6ccccc6)c6ccccc6-c6cccc4c65)c3)c3ccc4c(ccc5ccccc54)c3)cc2)cc1. The van der Waals surface area contributed by atoms with Crippen LogP contribution >= 0.6 is 0 Å². The Labute approximate surface area is 380 Å². The summed E-state index contributed by atoms with van der Waals surface area (Å²) in [5, 5.41) is 4.98. The average molecular weight is 826 g/mol. The highest BCUT2D eigenvalue weighted by atomic mass is 15.1. The molecule has 2 aliphatic rings. The Morgan fingerprint density at radius 2 is 0.769 bits per heavy atom. The number of hydrogen-bond acceptors (Lipinski definition) is 1. The first-order chi connectivity index (χ1) is 32.2. The number of hydrogen-bond donors (Lipinski definition) is 0. The van der Waals surface area contributed by atoms with E-state index < -0.39 is 10.8 Å². The van der Waals surface area contributed by atoms with Crippen molar-refractivity contribution in [2.75, 3.05) is 4.90 Å². The number of nitrogens with zero attached hydrogens (tertiary/aromatic N) is 1.